The lowest BCUT2D eigenvalue weighted by Crippen LogP contribution is -2.27. The van der Waals surface area contributed by atoms with Gasteiger partial charge in [0.05, 0.1) is 18.3 Å². The van der Waals surface area contributed by atoms with E-state index in [1.165, 1.54) is 18.5 Å². The second-order valence-corrected chi connectivity index (χ2v) is 5.81. The molecule has 4 heteroatoms. The van der Waals surface area contributed by atoms with Crippen LogP contribution in [0.3, 0.4) is 0 Å². The Bertz CT molecular complexity index is 361. The van der Waals surface area contributed by atoms with Crippen LogP contribution in [0.15, 0.2) is 12.3 Å². The van der Waals surface area contributed by atoms with Crippen LogP contribution in [0.2, 0.25) is 0 Å². The number of nitrogens with one attached hydrogen (secondary N) is 1. The van der Waals surface area contributed by atoms with E-state index in [1.54, 1.807) is 7.11 Å². The van der Waals surface area contributed by atoms with Gasteiger partial charge in [0, 0.05) is 19.9 Å². The number of ether oxygens (including phenoxy) is 1. The number of hydrogen-bond donors (Lipinski definition) is 1. The fourth-order valence-corrected chi connectivity index (χ4v) is 2.81. The maximum Gasteiger partial charge on any atom is 0.0627 e. The number of methoxy groups -OCH3 is 1. The van der Waals surface area contributed by atoms with Crippen LogP contribution in [0.25, 0.3) is 0 Å². The molecule has 1 aromatic rings. The van der Waals surface area contributed by atoms with E-state index in [0.717, 1.165) is 39.0 Å². The number of hydrogen-bond acceptors (Lipinski definition) is 3. The van der Waals surface area contributed by atoms with Crippen LogP contribution in [0.5, 0.6) is 0 Å². The zero-order valence-electron chi connectivity index (χ0n) is 14.3. The molecular formula is C17H33N3O. The standard InChI is InChI=1S/C17H33N3O/c1-5-8-15(14-18-10-12-21-4)13-16-9-11-20(19-16)17(6-2)7-3/h9,11,15,17-18H,5-8,10,12-14H2,1-4H3. The Morgan fingerprint density at radius 2 is 2.05 bits per heavy atom. The molecule has 0 bridgehead atoms. The first kappa shape index (κ1) is 18.2. The summed E-state index contributed by atoms with van der Waals surface area (Å²) >= 11 is 0. The van der Waals surface area contributed by atoms with Crippen molar-refractivity contribution in [1.82, 2.24) is 15.1 Å². The molecule has 1 rings (SSSR count). The Morgan fingerprint density at radius 3 is 2.67 bits per heavy atom. The van der Waals surface area contributed by atoms with Crippen molar-refractivity contribution in [2.75, 3.05) is 26.8 Å². The molecule has 21 heavy (non-hydrogen) atoms. The van der Waals surface area contributed by atoms with Crippen LogP contribution in [-0.4, -0.2) is 36.6 Å². The summed E-state index contributed by atoms with van der Waals surface area (Å²) in [6, 6.07) is 2.74. The molecular weight excluding hydrogens is 262 g/mol. The van der Waals surface area contributed by atoms with Crippen molar-refractivity contribution in [3.63, 3.8) is 0 Å². The predicted molar refractivity (Wildman–Crippen MR) is 88.7 cm³/mol. The summed E-state index contributed by atoms with van der Waals surface area (Å²) < 4.78 is 7.23. The van der Waals surface area contributed by atoms with Gasteiger partial charge in [-0.25, -0.2) is 0 Å². The number of aromatic nitrogens is 2. The van der Waals surface area contributed by atoms with E-state index in [0.29, 0.717) is 12.0 Å². The molecule has 1 heterocycles. The molecule has 1 aromatic heterocycles. The van der Waals surface area contributed by atoms with Crippen molar-refractivity contribution in [3.8, 4) is 0 Å². The van der Waals surface area contributed by atoms with Crippen LogP contribution in [-0.2, 0) is 11.2 Å². The maximum absolute atomic E-state index is 5.08. The second-order valence-electron chi connectivity index (χ2n) is 5.81. The summed E-state index contributed by atoms with van der Waals surface area (Å²) in [6.07, 6.45) is 7.99. The third-order valence-corrected chi connectivity index (χ3v) is 4.09. The van der Waals surface area contributed by atoms with Crippen LogP contribution in [0.1, 0.15) is 58.2 Å². The Labute approximate surface area is 130 Å². The maximum atomic E-state index is 5.08. The van der Waals surface area contributed by atoms with Crippen molar-refractivity contribution < 1.29 is 4.74 Å². The topological polar surface area (TPSA) is 39.1 Å². The summed E-state index contributed by atoms with van der Waals surface area (Å²) in [6.45, 7) is 9.48. The molecule has 0 fully saturated rings. The zero-order valence-corrected chi connectivity index (χ0v) is 14.3. The average Bonchev–Trinajstić information content (AvgIpc) is 2.93. The first-order valence-corrected chi connectivity index (χ1v) is 8.48. The van der Waals surface area contributed by atoms with Crippen molar-refractivity contribution in [2.24, 2.45) is 5.92 Å². The average molecular weight is 295 g/mol. The molecule has 1 N–H and O–H groups in total. The summed E-state index contributed by atoms with van der Waals surface area (Å²) in [5.74, 6) is 0.664. The molecule has 1 unspecified atom stereocenters. The molecule has 0 aliphatic rings. The summed E-state index contributed by atoms with van der Waals surface area (Å²) in [4.78, 5) is 0. The molecule has 0 radical (unpaired) electrons. The number of rotatable bonds is 12. The van der Waals surface area contributed by atoms with Crippen molar-refractivity contribution in [2.45, 2.75) is 58.9 Å². The third-order valence-electron chi connectivity index (χ3n) is 4.09. The third kappa shape index (κ3) is 6.62. The zero-order chi connectivity index (χ0) is 15.5. The van der Waals surface area contributed by atoms with Gasteiger partial charge in [-0.2, -0.15) is 5.10 Å². The van der Waals surface area contributed by atoms with E-state index in [2.05, 4.69) is 43.0 Å². The smallest absolute Gasteiger partial charge is 0.0627 e. The molecule has 0 aliphatic carbocycles. The van der Waals surface area contributed by atoms with Gasteiger partial charge >= 0.3 is 0 Å². The fourth-order valence-electron chi connectivity index (χ4n) is 2.81. The van der Waals surface area contributed by atoms with Crippen molar-refractivity contribution >= 4 is 0 Å². The first-order valence-electron chi connectivity index (χ1n) is 8.48. The van der Waals surface area contributed by atoms with Crippen LogP contribution in [0.4, 0.5) is 0 Å². The van der Waals surface area contributed by atoms with E-state index < -0.39 is 0 Å². The van der Waals surface area contributed by atoms with Crippen LogP contribution in [0, 0.1) is 5.92 Å². The van der Waals surface area contributed by atoms with E-state index in [9.17, 15) is 0 Å². The summed E-state index contributed by atoms with van der Waals surface area (Å²) in [5, 5.41) is 8.27. The molecule has 0 amide bonds. The molecule has 0 saturated carbocycles. The minimum atomic E-state index is 0.545. The SMILES string of the molecule is CCCC(CNCCOC)Cc1ccn(C(CC)CC)n1. The largest absolute Gasteiger partial charge is 0.383 e. The van der Waals surface area contributed by atoms with Gasteiger partial charge < -0.3 is 10.1 Å². The number of nitrogens with zero attached hydrogens (tertiary/aromatic N) is 2. The van der Waals surface area contributed by atoms with Crippen molar-refractivity contribution in [1.29, 1.82) is 0 Å². The Morgan fingerprint density at radius 1 is 1.29 bits per heavy atom. The van der Waals surface area contributed by atoms with E-state index in [1.807, 2.05) is 0 Å². The highest BCUT2D eigenvalue weighted by Gasteiger charge is 2.13. The minimum absolute atomic E-state index is 0.545. The lowest BCUT2D eigenvalue weighted by molar-refractivity contribution is 0.197. The van der Waals surface area contributed by atoms with Crippen molar-refractivity contribution in [3.05, 3.63) is 18.0 Å². The Kier molecular flexibility index (Phi) is 9.35. The highest BCUT2D eigenvalue weighted by molar-refractivity contribution is 5.01. The molecule has 122 valence electrons. The summed E-state index contributed by atoms with van der Waals surface area (Å²) in [5.41, 5.74) is 1.23. The molecule has 0 aromatic carbocycles. The molecule has 4 nitrogen and oxygen atoms in total. The first-order chi connectivity index (χ1) is 10.2. The monoisotopic (exact) mass is 295 g/mol. The highest BCUT2D eigenvalue weighted by atomic mass is 16.5. The molecule has 0 saturated heterocycles. The molecule has 1 atom stereocenters. The quantitative estimate of drug-likeness (QED) is 0.600. The van der Waals surface area contributed by atoms with Crippen LogP contribution >= 0.6 is 0 Å². The Balaban J connectivity index is 2.50. The normalized spacial score (nSPS) is 13.0. The second kappa shape index (κ2) is 10.8. The van der Waals surface area contributed by atoms with Gasteiger partial charge in [-0.3, -0.25) is 4.68 Å². The molecule has 0 spiro atoms. The van der Waals surface area contributed by atoms with Gasteiger partial charge in [0.1, 0.15) is 0 Å². The van der Waals surface area contributed by atoms with Gasteiger partial charge in [-0.05, 0) is 44.2 Å². The fraction of sp³-hybridized carbons (Fsp3) is 0.824. The van der Waals surface area contributed by atoms with Crippen LogP contribution < -0.4 is 5.32 Å². The lowest BCUT2D eigenvalue weighted by atomic mass is 9.98. The Hall–Kier alpha value is -0.870. The van der Waals surface area contributed by atoms with Gasteiger partial charge in [0.15, 0.2) is 0 Å². The van der Waals surface area contributed by atoms with E-state index in [-0.39, 0.29) is 0 Å². The predicted octanol–water partition coefficient (Wildman–Crippen LogP) is 3.44. The van der Waals surface area contributed by atoms with Gasteiger partial charge in [0.25, 0.3) is 0 Å². The molecule has 0 aliphatic heterocycles. The van der Waals surface area contributed by atoms with Gasteiger partial charge in [0.2, 0.25) is 0 Å². The van der Waals surface area contributed by atoms with Gasteiger partial charge in [-0.15, -0.1) is 0 Å². The highest BCUT2D eigenvalue weighted by Crippen LogP contribution is 2.17. The lowest BCUT2D eigenvalue weighted by Gasteiger charge is -2.16. The van der Waals surface area contributed by atoms with E-state index >= 15 is 0 Å². The van der Waals surface area contributed by atoms with Gasteiger partial charge in [-0.1, -0.05) is 27.2 Å². The summed E-state index contributed by atoms with van der Waals surface area (Å²) in [7, 11) is 1.75. The van der Waals surface area contributed by atoms with E-state index in [4.69, 9.17) is 9.84 Å². The minimum Gasteiger partial charge on any atom is -0.383 e.